The average molecular weight is 425 g/mol. The number of aromatic nitrogens is 3. The van der Waals surface area contributed by atoms with E-state index in [1.165, 1.54) is 23.5 Å². The molecule has 2 aromatic carbocycles. The van der Waals surface area contributed by atoms with Gasteiger partial charge in [-0.1, -0.05) is 26.0 Å². The van der Waals surface area contributed by atoms with Crippen LogP contribution < -0.4 is 10.1 Å². The summed E-state index contributed by atoms with van der Waals surface area (Å²) >= 11 is 1.39. The number of ether oxygens (including phenoxy) is 1. The lowest BCUT2D eigenvalue weighted by Crippen LogP contribution is -2.21. The Hall–Kier alpha value is -3.26. The number of anilines is 1. The molecule has 0 saturated carbocycles. The summed E-state index contributed by atoms with van der Waals surface area (Å²) in [6, 6.07) is 12.1. The molecule has 0 saturated heterocycles. The zero-order valence-electron chi connectivity index (χ0n) is 16.8. The molecule has 6 nitrogen and oxygen atoms in total. The van der Waals surface area contributed by atoms with Crippen LogP contribution in [0, 0.1) is 12.7 Å². The van der Waals surface area contributed by atoms with Gasteiger partial charge in [0.05, 0.1) is 5.69 Å². The Labute approximate surface area is 177 Å². The summed E-state index contributed by atoms with van der Waals surface area (Å²) in [5.74, 6) is 0.554. The van der Waals surface area contributed by atoms with Crippen molar-refractivity contribution < 1.29 is 13.9 Å². The van der Waals surface area contributed by atoms with Gasteiger partial charge in [0.1, 0.15) is 11.6 Å². The standard InChI is InChI=1S/C22H21FN4O2S/c1-13(2)17-9-4-14(3)10-19(17)29-11-20(28)24-21-25-22-27(26-21)18(12-30-22)15-5-7-16(23)8-6-15/h4-10,12-13H,11H2,1-3H3,(H,24,26,28). The van der Waals surface area contributed by atoms with Crippen molar-refractivity contribution in [1.29, 1.82) is 0 Å². The van der Waals surface area contributed by atoms with E-state index in [1.54, 1.807) is 16.6 Å². The number of benzene rings is 2. The van der Waals surface area contributed by atoms with Crippen molar-refractivity contribution in [3.63, 3.8) is 0 Å². The van der Waals surface area contributed by atoms with E-state index in [1.807, 2.05) is 30.5 Å². The molecule has 0 aliphatic rings. The maximum absolute atomic E-state index is 13.2. The highest BCUT2D eigenvalue weighted by atomic mass is 32.1. The SMILES string of the molecule is Cc1ccc(C(C)C)c(OCC(=O)Nc2nc3scc(-c4ccc(F)cc4)n3n2)c1. The molecule has 0 aliphatic carbocycles. The van der Waals surface area contributed by atoms with Crippen LogP contribution in [0.3, 0.4) is 0 Å². The van der Waals surface area contributed by atoms with Crippen molar-refractivity contribution in [3.8, 4) is 17.0 Å². The topological polar surface area (TPSA) is 68.5 Å². The number of amides is 1. The summed E-state index contributed by atoms with van der Waals surface area (Å²) in [5.41, 5.74) is 3.71. The molecule has 0 fully saturated rings. The van der Waals surface area contributed by atoms with Crippen LogP contribution in [0.5, 0.6) is 5.75 Å². The van der Waals surface area contributed by atoms with Crippen molar-refractivity contribution in [3.05, 3.63) is 64.8 Å². The first-order chi connectivity index (χ1) is 14.4. The monoisotopic (exact) mass is 424 g/mol. The van der Waals surface area contributed by atoms with E-state index in [2.05, 4.69) is 29.2 Å². The normalized spacial score (nSPS) is 11.2. The van der Waals surface area contributed by atoms with Gasteiger partial charge >= 0.3 is 0 Å². The number of aryl methyl sites for hydroxylation is 1. The van der Waals surface area contributed by atoms with Crippen LogP contribution >= 0.6 is 11.3 Å². The van der Waals surface area contributed by atoms with Gasteiger partial charge in [-0.15, -0.1) is 16.4 Å². The minimum atomic E-state index is -0.340. The van der Waals surface area contributed by atoms with Crippen LogP contribution in [0.4, 0.5) is 10.3 Å². The zero-order valence-corrected chi connectivity index (χ0v) is 17.7. The summed E-state index contributed by atoms with van der Waals surface area (Å²) in [4.78, 5) is 17.4. The third-order valence-electron chi connectivity index (χ3n) is 4.62. The van der Waals surface area contributed by atoms with E-state index in [9.17, 15) is 9.18 Å². The highest BCUT2D eigenvalue weighted by Crippen LogP contribution is 2.28. The molecular weight excluding hydrogens is 403 g/mol. The smallest absolute Gasteiger partial charge is 0.264 e. The van der Waals surface area contributed by atoms with Crippen molar-refractivity contribution in [1.82, 2.24) is 14.6 Å². The first-order valence-electron chi connectivity index (χ1n) is 9.54. The Morgan fingerprint density at radius 3 is 2.73 bits per heavy atom. The first kappa shape index (κ1) is 20.0. The molecule has 0 spiro atoms. The Balaban J connectivity index is 1.47. The fourth-order valence-corrected chi connectivity index (χ4v) is 3.93. The molecule has 1 amide bonds. The van der Waals surface area contributed by atoms with Gasteiger partial charge < -0.3 is 4.74 Å². The van der Waals surface area contributed by atoms with Crippen LogP contribution in [-0.4, -0.2) is 27.1 Å². The summed E-state index contributed by atoms with van der Waals surface area (Å²) in [7, 11) is 0. The molecule has 154 valence electrons. The van der Waals surface area contributed by atoms with Crippen LogP contribution in [0.1, 0.15) is 30.9 Å². The predicted octanol–water partition coefficient (Wildman–Crippen LogP) is 5.05. The largest absolute Gasteiger partial charge is 0.483 e. The fraction of sp³-hybridized carbons (Fsp3) is 0.227. The minimum Gasteiger partial charge on any atom is -0.483 e. The Morgan fingerprint density at radius 2 is 2.00 bits per heavy atom. The predicted molar refractivity (Wildman–Crippen MR) is 116 cm³/mol. The molecule has 4 rings (SSSR count). The molecule has 2 heterocycles. The molecule has 1 N–H and O–H groups in total. The lowest BCUT2D eigenvalue weighted by atomic mass is 10.0. The molecule has 4 aromatic rings. The summed E-state index contributed by atoms with van der Waals surface area (Å²) in [6.07, 6.45) is 0. The van der Waals surface area contributed by atoms with Gasteiger partial charge in [0, 0.05) is 10.9 Å². The van der Waals surface area contributed by atoms with Crippen LogP contribution in [-0.2, 0) is 4.79 Å². The highest BCUT2D eigenvalue weighted by Gasteiger charge is 2.15. The molecule has 30 heavy (non-hydrogen) atoms. The van der Waals surface area contributed by atoms with Gasteiger partial charge in [-0.2, -0.15) is 4.98 Å². The number of rotatable bonds is 6. The van der Waals surface area contributed by atoms with E-state index < -0.39 is 0 Å². The lowest BCUT2D eigenvalue weighted by molar-refractivity contribution is -0.118. The van der Waals surface area contributed by atoms with Crippen LogP contribution in [0.2, 0.25) is 0 Å². The van der Waals surface area contributed by atoms with Gasteiger partial charge in [-0.05, 0) is 54.3 Å². The molecule has 0 bridgehead atoms. The van der Waals surface area contributed by atoms with E-state index >= 15 is 0 Å². The lowest BCUT2D eigenvalue weighted by Gasteiger charge is -2.14. The molecule has 2 aromatic heterocycles. The zero-order chi connectivity index (χ0) is 21.3. The number of halogens is 1. The second kappa shape index (κ2) is 8.23. The van der Waals surface area contributed by atoms with E-state index in [4.69, 9.17) is 4.74 Å². The highest BCUT2D eigenvalue weighted by molar-refractivity contribution is 7.15. The summed E-state index contributed by atoms with van der Waals surface area (Å²) in [5, 5.41) is 8.93. The fourth-order valence-electron chi connectivity index (χ4n) is 3.10. The van der Waals surface area contributed by atoms with Gasteiger partial charge in [0.15, 0.2) is 6.61 Å². The minimum absolute atomic E-state index is 0.138. The number of thiazole rings is 1. The van der Waals surface area contributed by atoms with E-state index in [0.29, 0.717) is 10.7 Å². The second-order valence-corrected chi connectivity index (χ2v) is 8.13. The summed E-state index contributed by atoms with van der Waals surface area (Å²) in [6.45, 7) is 6.01. The molecule has 0 unspecified atom stereocenters. The number of nitrogens with one attached hydrogen (secondary N) is 1. The maximum Gasteiger partial charge on any atom is 0.264 e. The molecular formula is C22H21FN4O2S. The van der Waals surface area contributed by atoms with Crippen molar-refractivity contribution in [2.75, 3.05) is 11.9 Å². The maximum atomic E-state index is 13.2. The Morgan fingerprint density at radius 1 is 1.23 bits per heavy atom. The molecule has 0 atom stereocenters. The molecule has 0 radical (unpaired) electrons. The number of carbonyl (C=O) groups is 1. The van der Waals surface area contributed by atoms with Crippen LogP contribution in [0.25, 0.3) is 16.2 Å². The molecule has 8 heteroatoms. The van der Waals surface area contributed by atoms with Crippen LogP contribution in [0.15, 0.2) is 47.8 Å². The average Bonchev–Trinajstić information content (AvgIpc) is 3.27. The third kappa shape index (κ3) is 4.18. The van der Waals surface area contributed by atoms with Gasteiger partial charge in [0.25, 0.3) is 11.9 Å². The third-order valence-corrected chi connectivity index (χ3v) is 5.44. The number of fused-ring (bicyclic) bond motifs is 1. The molecule has 0 aliphatic heterocycles. The van der Waals surface area contributed by atoms with Crippen molar-refractivity contribution in [2.45, 2.75) is 26.7 Å². The first-order valence-corrected chi connectivity index (χ1v) is 10.4. The van der Waals surface area contributed by atoms with E-state index in [-0.39, 0.29) is 30.2 Å². The number of hydrogen-bond donors (Lipinski definition) is 1. The number of hydrogen-bond acceptors (Lipinski definition) is 5. The Bertz CT molecular complexity index is 1200. The van der Waals surface area contributed by atoms with Crippen molar-refractivity contribution in [2.24, 2.45) is 0 Å². The summed E-state index contributed by atoms with van der Waals surface area (Å²) < 4.78 is 20.6. The second-order valence-electron chi connectivity index (χ2n) is 7.29. The van der Waals surface area contributed by atoms with Gasteiger partial charge in [-0.25, -0.2) is 8.91 Å². The van der Waals surface area contributed by atoms with Gasteiger partial charge in [-0.3, -0.25) is 10.1 Å². The Kier molecular flexibility index (Phi) is 5.50. The van der Waals surface area contributed by atoms with Crippen molar-refractivity contribution >= 4 is 28.2 Å². The van der Waals surface area contributed by atoms with E-state index in [0.717, 1.165) is 22.4 Å². The number of carbonyl (C=O) groups excluding carboxylic acids is 1. The number of nitrogens with zero attached hydrogens (tertiary/aromatic N) is 3. The quantitative estimate of drug-likeness (QED) is 0.470. The van der Waals surface area contributed by atoms with Gasteiger partial charge in [0.2, 0.25) is 4.96 Å².